The van der Waals surface area contributed by atoms with Crippen LogP contribution in [0.4, 0.5) is 5.69 Å². The van der Waals surface area contributed by atoms with Gasteiger partial charge in [-0.1, -0.05) is 17.7 Å². The van der Waals surface area contributed by atoms with Crippen LogP contribution in [0.3, 0.4) is 0 Å². The van der Waals surface area contributed by atoms with E-state index in [1.165, 1.54) is 0 Å². The van der Waals surface area contributed by atoms with Gasteiger partial charge in [0.1, 0.15) is 0 Å². The molecule has 0 aliphatic heterocycles. The molecule has 0 amide bonds. The highest BCUT2D eigenvalue weighted by Crippen LogP contribution is 2.26. The van der Waals surface area contributed by atoms with E-state index >= 15 is 0 Å². The second kappa shape index (κ2) is 5.76. The summed E-state index contributed by atoms with van der Waals surface area (Å²) in [6.07, 6.45) is 1.63. The number of hydrogen-bond acceptors (Lipinski definition) is 4. The van der Waals surface area contributed by atoms with E-state index in [0.29, 0.717) is 22.0 Å². The molecule has 18 heavy (non-hydrogen) atoms. The maximum Gasteiger partial charge on any atom is 0.0992 e. The molecule has 0 spiro atoms. The zero-order chi connectivity index (χ0) is 13.0. The average molecular weight is 276 g/mol. The van der Waals surface area contributed by atoms with Gasteiger partial charge >= 0.3 is 0 Å². The number of thioether (sulfide) groups is 1. The SMILES string of the molecule is N#Cc1ccc(CSc2ccc(N)cn2)c(Cl)c1. The minimum Gasteiger partial charge on any atom is -0.397 e. The topological polar surface area (TPSA) is 62.7 Å². The molecular weight excluding hydrogens is 266 g/mol. The number of nitrogens with two attached hydrogens (primary N) is 1. The predicted molar refractivity (Wildman–Crippen MR) is 74.4 cm³/mol. The Morgan fingerprint density at radius 2 is 2.17 bits per heavy atom. The summed E-state index contributed by atoms with van der Waals surface area (Å²) in [4.78, 5) is 4.20. The van der Waals surface area contributed by atoms with E-state index in [4.69, 9.17) is 22.6 Å². The number of nitrogen functional groups attached to an aromatic ring is 1. The Balaban J connectivity index is 2.06. The van der Waals surface area contributed by atoms with Crippen molar-refractivity contribution < 1.29 is 0 Å². The highest BCUT2D eigenvalue weighted by atomic mass is 35.5. The number of anilines is 1. The number of pyridine rings is 1. The van der Waals surface area contributed by atoms with Gasteiger partial charge in [0.25, 0.3) is 0 Å². The zero-order valence-electron chi connectivity index (χ0n) is 9.43. The molecule has 0 fully saturated rings. The van der Waals surface area contributed by atoms with Crippen molar-refractivity contribution in [2.75, 3.05) is 5.73 Å². The number of halogens is 1. The van der Waals surface area contributed by atoms with E-state index in [9.17, 15) is 0 Å². The van der Waals surface area contributed by atoms with Crippen LogP contribution in [0.25, 0.3) is 0 Å². The molecule has 0 saturated heterocycles. The molecule has 0 radical (unpaired) electrons. The summed E-state index contributed by atoms with van der Waals surface area (Å²) in [5.41, 5.74) is 7.77. The van der Waals surface area contributed by atoms with E-state index in [1.54, 1.807) is 30.1 Å². The maximum atomic E-state index is 8.75. The van der Waals surface area contributed by atoms with Crippen LogP contribution in [0.2, 0.25) is 5.02 Å². The first-order chi connectivity index (χ1) is 8.69. The lowest BCUT2D eigenvalue weighted by Gasteiger charge is -2.04. The van der Waals surface area contributed by atoms with Crippen LogP contribution < -0.4 is 5.73 Å². The van der Waals surface area contributed by atoms with Crippen molar-refractivity contribution in [3.8, 4) is 6.07 Å². The Kier molecular flexibility index (Phi) is 4.08. The van der Waals surface area contributed by atoms with Gasteiger partial charge in [-0.3, -0.25) is 0 Å². The van der Waals surface area contributed by atoms with Gasteiger partial charge in [-0.2, -0.15) is 5.26 Å². The summed E-state index contributed by atoms with van der Waals surface area (Å²) >= 11 is 7.67. The number of nitrogens with zero attached hydrogens (tertiary/aromatic N) is 2. The molecule has 0 atom stereocenters. The first-order valence-corrected chi connectivity index (χ1v) is 6.58. The third-order valence-corrected chi connectivity index (χ3v) is 3.66. The Hall–Kier alpha value is -1.70. The molecule has 0 saturated carbocycles. The lowest BCUT2D eigenvalue weighted by atomic mass is 10.2. The predicted octanol–water partition coefficient (Wildman–Crippen LogP) is 3.48. The summed E-state index contributed by atoms with van der Waals surface area (Å²) in [6.45, 7) is 0. The Labute approximate surface area is 115 Å². The van der Waals surface area contributed by atoms with Crippen molar-refractivity contribution in [1.29, 1.82) is 5.26 Å². The Bertz CT molecular complexity index is 590. The van der Waals surface area contributed by atoms with E-state index < -0.39 is 0 Å². The van der Waals surface area contributed by atoms with Crippen molar-refractivity contribution in [2.24, 2.45) is 0 Å². The van der Waals surface area contributed by atoms with Crippen LogP contribution in [-0.2, 0) is 5.75 Å². The molecule has 2 aromatic rings. The first-order valence-electron chi connectivity index (χ1n) is 5.22. The van der Waals surface area contributed by atoms with E-state index in [1.807, 2.05) is 18.2 Å². The monoisotopic (exact) mass is 275 g/mol. The minimum atomic E-state index is 0.569. The van der Waals surface area contributed by atoms with Gasteiger partial charge in [0.15, 0.2) is 0 Å². The normalized spacial score (nSPS) is 10.0. The van der Waals surface area contributed by atoms with Crippen molar-refractivity contribution in [3.05, 3.63) is 52.7 Å². The van der Waals surface area contributed by atoms with Crippen LogP contribution in [0.1, 0.15) is 11.1 Å². The first kappa shape index (κ1) is 12.7. The van der Waals surface area contributed by atoms with Gasteiger partial charge in [0.05, 0.1) is 28.5 Å². The number of hydrogen-bond donors (Lipinski definition) is 1. The van der Waals surface area contributed by atoms with Crippen molar-refractivity contribution >= 4 is 29.1 Å². The number of benzene rings is 1. The third kappa shape index (κ3) is 3.16. The summed E-state index contributed by atoms with van der Waals surface area (Å²) in [6, 6.07) is 11.0. The fourth-order valence-corrected chi connectivity index (χ4v) is 2.54. The standard InChI is InChI=1S/C13H10ClN3S/c14-12-5-9(6-15)1-2-10(12)8-18-13-4-3-11(16)7-17-13/h1-5,7H,8,16H2. The molecule has 5 heteroatoms. The van der Waals surface area contributed by atoms with Crippen LogP contribution in [-0.4, -0.2) is 4.98 Å². The lowest BCUT2D eigenvalue weighted by Crippen LogP contribution is -1.88. The molecule has 90 valence electrons. The summed E-state index contributed by atoms with van der Waals surface area (Å²) in [7, 11) is 0. The highest BCUT2D eigenvalue weighted by molar-refractivity contribution is 7.98. The van der Waals surface area contributed by atoms with E-state index in [0.717, 1.165) is 10.6 Å². The van der Waals surface area contributed by atoms with E-state index in [2.05, 4.69) is 11.1 Å². The number of aromatic nitrogens is 1. The third-order valence-electron chi connectivity index (χ3n) is 2.32. The molecular formula is C13H10ClN3S. The lowest BCUT2D eigenvalue weighted by molar-refractivity contribution is 1.13. The molecule has 1 heterocycles. The van der Waals surface area contributed by atoms with Crippen LogP contribution in [0, 0.1) is 11.3 Å². The maximum absolute atomic E-state index is 8.75. The number of nitriles is 1. The molecule has 1 aromatic carbocycles. The Morgan fingerprint density at radius 3 is 2.78 bits per heavy atom. The fraction of sp³-hybridized carbons (Fsp3) is 0.0769. The van der Waals surface area contributed by atoms with Gasteiger partial charge in [0.2, 0.25) is 0 Å². The average Bonchev–Trinajstić information content (AvgIpc) is 2.39. The zero-order valence-corrected chi connectivity index (χ0v) is 11.0. The smallest absolute Gasteiger partial charge is 0.0992 e. The largest absolute Gasteiger partial charge is 0.397 e. The van der Waals surface area contributed by atoms with Gasteiger partial charge in [0, 0.05) is 10.8 Å². The van der Waals surface area contributed by atoms with Crippen LogP contribution >= 0.6 is 23.4 Å². The fourth-order valence-electron chi connectivity index (χ4n) is 1.36. The van der Waals surface area contributed by atoms with Crippen molar-refractivity contribution in [1.82, 2.24) is 4.98 Å². The number of rotatable bonds is 3. The molecule has 2 N–H and O–H groups in total. The van der Waals surface area contributed by atoms with Crippen LogP contribution in [0.5, 0.6) is 0 Å². The molecule has 3 nitrogen and oxygen atoms in total. The highest BCUT2D eigenvalue weighted by Gasteiger charge is 2.03. The van der Waals surface area contributed by atoms with Crippen molar-refractivity contribution in [3.63, 3.8) is 0 Å². The van der Waals surface area contributed by atoms with Crippen molar-refractivity contribution in [2.45, 2.75) is 10.8 Å². The van der Waals surface area contributed by atoms with Gasteiger partial charge in [-0.15, -0.1) is 11.8 Å². The molecule has 0 aliphatic carbocycles. The summed E-state index contributed by atoms with van der Waals surface area (Å²) < 4.78 is 0. The second-order valence-electron chi connectivity index (χ2n) is 3.64. The molecule has 0 unspecified atom stereocenters. The molecule has 0 bridgehead atoms. The Morgan fingerprint density at radius 1 is 1.33 bits per heavy atom. The molecule has 0 aliphatic rings. The molecule has 1 aromatic heterocycles. The van der Waals surface area contributed by atoms with Gasteiger partial charge in [-0.05, 0) is 29.8 Å². The van der Waals surface area contributed by atoms with Gasteiger partial charge < -0.3 is 5.73 Å². The van der Waals surface area contributed by atoms with Gasteiger partial charge in [-0.25, -0.2) is 4.98 Å². The molecule has 2 rings (SSSR count). The van der Waals surface area contributed by atoms with Crippen LogP contribution in [0.15, 0.2) is 41.6 Å². The minimum absolute atomic E-state index is 0.569. The summed E-state index contributed by atoms with van der Waals surface area (Å²) in [5.74, 6) is 0.710. The second-order valence-corrected chi connectivity index (χ2v) is 5.04. The summed E-state index contributed by atoms with van der Waals surface area (Å²) in [5, 5.41) is 10.3. The quantitative estimate of drug-likeness (QED) is 0.871. The van der Waals surface area contributed by atoms with E-state index in [-0.39, 0.29) is 0 Å².